The lowest BCUT2D eigenvalue weighted by Crippen LogP contribution is -2.47. The zero-order valence-corrected chi connectivity index (χ0v) is 20.6. The van der Waals surface area contributed by atoms with Gasteiger partial charge in [0.05, 0.1) is 12.6 Å². The van der Waals surface area contributed by atoms with Gasteiger partial charge in [-0.2, -0.15) is 0 Å². The molecule has 1 aromatic rings. The van der Waals surface area contributed by atoms with Gasteiger partial charge in [0.2, 0.25) is 0 Å². The minimum atomic E-state index is 0. The Morgan fingerprint density at radius 3 is 2.38 bits per heavy atom. The molecule has 0 unspecified atom stereocenters. The number of nitrogens with zero attached hydrogens (tertiary/aromatic N) is 3. The van der Waals surface area contributed by atoms with E-state index in [0.29, 0.717) is 6.10 Å². The molecule has 2 fully saturated rings. The molecule has 0 amide bonds. The number of piperidine rings is 2. The Morgan fingerprint density at radius 1 is 1.03 bits per heavy atom. The predicted molar refractivity (Wildman–Crippen MR) is 132 cm³/mol. The molecule has 0 bridgehead atoms. The van der Waals surface area contributed by atoms with Gasteiger partial charge in [0.1, 0.15) is 0 Å². The first-order chi connectivity index (χ1) is 13.8. The van der Waals surface area contributed by atoms with Crippen LogP contribution in [0.15, 0.2) is 29.3 Å². The van der Waals surface area contributed by atoms with E-state index >= 15 is 0 Å². The Kier molecular flexibility index (Phi) is 11.3. The van der Waals surface area contributed by atoms with Crippen molar-refractivity contribution in [1.82, 2.24) is 15.1 Å². The Morgan fingerprint density at radius 2 is 1.72 bits per heavy atom. The van der Waals surface area contributed by atoms with Crippen LogP contribution in [0.2, 0.25) is 0 Å². The molecule has 2 aliphatic heterocycles. The maximum absolute atomic E-state index is 5.80. The third kappa shape index (κ3) is 7.72. The predicted octanol–water partition coefficient (Wildman–Crippen LogP) is 4.26. The van der Waals surface area contributed by atoms with Crippen molar-refractivity contribution >= 4 is 29.9 Å². The molecule has 29 heavy (non-hydrogen) atoms. The summed E-state index contributed by atoms with van der Waals surface area (Å²) >= 11 is 0. The van der Waals surface area contributed by atoms with Crippen LogP contribution in [0.1, 0.15) is 57.1 Å². The van der Waals surface area contributed by atoms with Crippen LogP contribution in [-0.2, 0) is 17.8 Å². The molecule has 0 aliphatic carbocycles. The molecule has 6 heteroatoms. The van der Waals surface area contributed by atoms with Crippen LogP contribution in [0.5, 0.6) is 0 Å². The standard InChI is InChI=1S/C23H38N4O.HI/c1-3-24-23(27-16-12-22(13-17-27)28-4-2)25-18-20-10-6-7-11-21(20)19-26-14-8-5-9-15-26;/h6-7,10-11,22H,3-5,8-9,12-19H2,1-2H3,(H,24,25);1H. The summed E-state index contributed by atoms with van der Waals surface area (Å²) in [5.74, 6) is 1.05. The molecule has 2 heterocycles. The first-order valence-corrected chi connectivity index (χ1v) is 11.2. The Hall–Kier alpha value is -0.860. The van der Waals surface area contributed by atoms with Gasteiger partial charge < -0.3 is 15.0 Å². The van der Waals surface area contributed by atoms with Gasteiger partial charge in [-0.3, -0.25) is 4.90 Å². The van der Waals surface area contributed by atoms with Crippen molar-refractivity contribution in [3.05, 3.63) is 35.4 Å². The molecule has 2 aliphatic rings. The molecule has 3 rings (SSSR count). The first kappa shape index (κ1) is 24.4. The van der Waals surface area contributed by atoms with Gasteiger partial charge >= 0.3 is 0 Å². The van der Waals surface area contributed by atoms with Gasteiger partial charge in [-0.05, 0) is 63.7 Å². The lowest BCUT2D eigenvalue weighted by molar-refractivity contribution is 0.0263. The van der Waals surface area contributed by atoms with E-state index in [1.165, 1.54) is 43.5 Å². The summed E-state index contributed by atoms with van der Waals surface area (Å²) in [5, 5.41) is 3.49. The third-order valence-electron chi connectivity index (χ3n) is 5.84. The fraction of sp³-hybridized carbons (Fsp3) is 0.696. The fourth-order valence-electron chi connectivity index (χ4n) is 4.28. The number of benzene rings is 1. The summed E-state index contributed by atoms with van der Waals surface area (Å²) in [6.45, 7) is 12.2. The Bertz CT molecular complexity index is 611. The van der Waals surface area contributed by atoms with Gasteiger partial charge in [-0.1, -0.05) is 30.7 Å². The highest BCUT2D eigenvalue weighted by Crippen LogP contribution is 2.18. The number of guanidine groups is 1. The smallest absolute Gasteiger partial charge is 0.194 e. The topological polar surface area (TPSA) is 40.1 Å². The second-order valence-electron chi connectivity index (χ2n) is 7.92. The van der Waals surface area contributed by atoms with Crippen molar-refractivity contribution in [2.24, 2.45) is 4.99 Å². The Balaban J connectivity index is 0.00000300. The van der Waals surface area contributed by atoms with E-state index in [0.717, 1.165) is 58.1 Å². The lowest BCUT2D eigenvalue weighted by atomic mass is 10.1. The van der Waals surface area contributed by atoms with Crippen LogP contribution in [0.3, 0.4) is 0 Å². The molecule has 2 saturated heterocycles. The molecular formula is C23H39IN4O. The van der Waals surface area contributed by atoms with Gasteiger partial charge in [-0.15, -0.1) is 24.0 Å². The largest absolute Gasteiger partial charge is 0.378 e. The van der Waals surface area contributed by atoms with E-state index in [1.807, 2.05) is 0 Å². The van der Waals surface area contributed by atoms with Crippen molar-refractivity contribution in [2.45, 2.75) is 65.1 Å². The summed E-state index contributed by atoms with van der Waals surface area (Å²) in [5.41, 5.74) is 2.78. The lowest BCUT2D eigenvalue weighted by Gasteiger charge is -2.34. The van der Waals surface area contributed by atoms with E-state index in [9.17, 15) is 0 Å². The van der Waals surface area contributed by atoms with Crippen LogP contribution < -0.4 is 5.32 Å². The SMILES string of the molecule is CCNC(=NCc1ccccc1CN1CCCCC1)N1CCC(OCC)CC1.I. The summed E-state index contributed by atoms with van der Waals surface area (Å²) in [7, 11) is 0. The van der Waals surface area contributed by atoms with E-state index in [2.05, 4.69) is 53.2 Å². The highest BCUT2D eigenvalue weighted by molar-refractivity contribution is 14.0. The van der Waals surface area contributed by atoms with Crippen molar-refractivity contribution in [1.29, 1.82) is 0 Å². The second kappa shape index (κ2) is 13.4. The molecule has 164 valence electrons. The summed E-state index contributed by atoms with van der Waals surface area (Å²) in [4.78, 5) is 9.99. The van der Waals surface area contributed by atoms with Crippen molar-refractivity contribution in [2.75, 3.05) is 39.3 Å². The molecule has 0 spiro atoms. The zero-order valence-electron chi connectivity index (χ0n) is 18.2. The van der Waals surface area contributed by atoms with Gasteiger partial charge in [0.25, 0.3) is 0 Å². The highest BCUT2D eigenvalue weighted by Gasteiger charge is 2.21. The minimum Gasteiger partial charge on any atom is -0.378 e. The van der Waals surface area contributed by atoms with E-state index < -0.39 is 0 Å². The van der Waals surface area contributed by atoms with Crippen LogP contribution in [-0.4, -0.2) is 61.2 Å². The highest BCUT2D eigenvalue weighted by atomic mass is 127. The first-order valence-electron chi connectivity index (χ1n) is 11.2. The molecular weight excluding hydrogens is 475 g/mol. The van der Waals surface area contributed by atoms with Gasteiger partial charge in [0, 0.05) is 32.8 Å². The monoisotopic (exact) mass is 514 g/mol. The van der Waals surface area contributed by atoms with Crippen molar-refractivity contribution < 1.29 is 4.74 Å². The van der Waals surface area contributed by atoms with E-state index in [4.69, 9.17) is 9.73 Å². The third-order valence-corrected chi connectivity index (χ3v) is 5.84. The molecule has 0 saturated carbocycles. The van der Waals surface area contributed by atoms with E-state index in [-0.39, 0.29) is 24.0 Å². The van der Waals surface area contributed by atoms with Crippen LogP contribution >= 0.6 is 24.0 Å². The Labute approximate surface area is 194 Å². The summed E-state index contributed by atoms with van der Waals surface area (Å²) in [6, 6.07) is 8.83. The number of hydrogen-bond acceptors (Lipinski definition) is 3. The fourth-order valence-corrected chi connectivity index (χ4v) is 4.28. The van der Waals surface area contributed by atoms with Gasteiger partial charge in [-0.25, -0.2) is 4.99 Å². The zero-order chi connectivity index (χ0) is 19.6. The molecule has 0 atom stereocenters. The maximum Gasteiger partial charge on any atom is 0.194 e. The number of halogens is 1. The number of aliphatic imine (C=N–C) groups is 1. The normalized spacial score (nSPS) is 19.1. The molecule has 1 N–H and O–H groups in total. The quantitative estimate of drug-likeness (QED) is 0.336. The molecule has 1 aromatic carbocycles. The number of rotatable bonds is 7. The van der Waals surface area contributed by atoms with Crippen molar-refractivity contribution in [3.63, 3.8) is 0 Å². The second-order valence-corrected chi connectivity index (χ2v) is 7.92. The maximum atomic E-state index is 5.80. The van der Waals surface area contributed by atoms with E-state index in [1.54, 1.807) is 0 Å². The van der Waals surface area contributed by atoms with Crippen LogP contribution in [0.4, 0.5) is 0 Å². The van der Waals surface area contributed by atoms with Crippen molar-refractivity contribution in [3.8, 4) is 0 Å². The molecule has 5 nitrogen and oxygen atoms in total. The number of likely N-dealkylation sites (tertiary alicyclic amines) is 2. The number of ether oxygens (including phenoxy) is 1. The number of hydrogen-bond donors (Lipinski definition) is 1. The summed E-state index contributed by atoms with van der Waals surface area (Å²) < 4.78 is 5.80. The number of nitrogens with one attached hydrogen (secondary N) is 1. The minimum absolute atomic E-state index is 0. The summed E-state index contributed by atoms with van der Waals surface area (Å²) in [6.07, 6.45) is 6.64. The molecule has 0 aromatic heterocycles. The van der Waals surface area contributed by atoms with Crippen LogP contribution in [0.25, 0.3) is 0 Å². The average Bonchev–Trinajstić information content (AvgIpc) is 2.74. The van der Waals surface area contributed by atoms with Crippen LogP contribution in [0, 0.1) is 0 Å². The average molecular weight is 514 g/mol. The molecule has 0 radical (unpaired) electrons. The van der Waals surface area contributed by atoms with Gasteiger partial charge in [0.15, 0.2) is 5.96 Å².